The minimum absolute atomic E-state index is 0.00777. The number of carbonyl (C=O) groups is 4. The van der Waals surface area contributed by atoms with Crippen LogP contribution in [0, 0.1) is 28.6 Å². The molecule has 3 aliphatic rings. The molecule has 4 amide bonds. The van der Waals surface area contributed by atoms with Gasteiger partial charge in [-0.15, -0.1) is 0 Å². The third kappa shape index (κ3) is 4.46. The molecule has 3 rings (SSSR count). The molecule has 10 nitrogen and oxygen atoms in total. The Morgan fingerprint density at radius 3 is 2.35 bits per heavy atom. The van der Waals surface area contributed by atoms with Gasteiger partial charge in [0.1, 0.15) is 18.1 Å². The molecule has 1 saturated carbocycles. The lowest BCUT2D eigenvalue weighted by Crippen LogP contribution is -2.65. The van der Waals surface area contributed by atoms with Crippen LogP contribution in [0.2, 0.25) is 0 Å². The molecular formula is C23H38N6O4S. The number of nitrogens with one attached hydrogen (secondary N) is 2. The molecule has 0 aromatic carbocycles. The number of thiocarbonyl (C=S) groups is 1. The first kappa shape index (κ1) is 26.2. The smallest absolute Gasteiger partial charge is 0.246 e. The van der Waals surface area contributed by atoms with Gasteiger partial charge in [0.05, 0.1) is 0 Å². The fourth-order valence-corrected chi connectivity index (χ4v) is 6.21. The Labute approximate surface area is 206 Å². The summed E-state index contributed by atoms with van der Waals surface area (Å²) < 4.78 is 0. The number of carbonyl (C=O) groups excluding carboxylic acids is 4. The van der Waals surface area contributed by atoms with Gasteiger partial charge in [0.15, 0.2) is 5.11 Å². The lowest BCUT2D eigenvalue weighted by atomic mass is 9.82. The number of nitrogens with two attached hydrogens (primary N) is 2. The predicted octanol–water partition coefficient (Wildman–Crippen LogP) is -0.444. The first-order valence-electron chi connectivity index (χ1n) is 11.8. The minimum atomic E-state index is -0.984. The second kappa shape index (κ2) is 8.98. The molecule has 2 aliphatic heterocycles. The van der Waals surface area contributed by atoms with Crippen molar-refractivity contribution in [3.8, 4) is 0 Å². The molecular weight excluding hydrogens is 456 g/mol. The van der Waals surface area contributed by atoms with Gasteiger partial charge >= 0.3 is 0 Å². The van der Waals surface area contributed by atoms with Crippen LogP contribution >= 0.6 is 12.2 Å². The van der Waals surface area contributed by atoms with Crippen LogP contribution in [0.5, 0.6) is 0 Å². The maximum Gasteiger partial charge on any atom is 0.246 e. The Hall–Kier alpha value is -2.43. The third-order valence-corrected chi connectivity index (χ3v) is 8.31. The van der Waals surface area contributed by atoms with Gasteiger partial charge < -0.3 is 31.9 Å². The van der Waals surface area contributed by atoms with Gasteiger partial charge in [-0.1, -0.05) is 34.6 Å². The van der Waals surface area contributed by atoms with Crippen molar-refractivity contribution in [1.29, 1.82) is 0 Å². The van der Waals surface area contributed by atoms with Gasteiger partial charge in [0.2, 0.25) is 23.6 Å². The lowest BCUT2D eigenvalue weighted by molar-refractivity contribution is -0.147. The number of primary amides is 2. The van der Waals surface area contributed by atoms with E-state index in [0.29, 0.717) is 19.5 Å². The molecule has 0 aromatic heterocycles. The van der Waals surface area contributed by atoms with Crippen molar-refractivity contribution in [2.75, 3.05) is 20.1 Å². The van der Waals surface area contributed by atoms with Crippen LogP contribution in [-0.4, -0.2) is 76.8 Å². The van der Waals surface area contributed by atoms with E-state index < -0.39 is 41.3 Å². The van der Waals surface area contributed by atoms with Crippen LogP contribution in [0.4, 0.5) is 0 Å². The average Bonchev–Trinajstić information content (AvgIpc) is 3.10. The molecule has 0 bridgehead atoms. The van der Waals surface area contributed by atoms with E-state index in [1.807, 2.05) is 20.8 Å². The first-order valence-corrected chi connectivity index (χ1v) is 12.2. The fraction of sp³-hybridized carbons (Fsp3) is 0.783. The van der Waals surface area contributed by atoms with Gasteiger partial charge in [-0.25, -0.2) is 0 Å². The highest BCUT2D eigenvalue weighted by Crippen LogP contribution is 2.65. The monoisotopic (exact) mass is 494 g/mol. The van der Waals surface area contributed by atoms with Crippen LogP contribution in [0.1, 0.15) is 47.5 Å². The summed E-state index contributed by atoms with van der Waals surface area (Å²) in [4.78, 5) is 54.6. The molecule has 0 spiro atoms. The number of fused-ring (bicyclic) bond motifs is 1. The maximum absolute atomic E-state index is 14.1. The van der Waals surface area contributed by atoms with E-state index in [1.165, 1.54) is 0 Å². The second-order valence-electron chi connectivity index (χ2n) is 11.5. The Kier molecular flexibility index (Phi) is 6.91. The van der Waals surface area contributed by atoms with Gasteiger partial charge in [-0.2, -0.15) is 0 Å². The molecule has 0 aromatic rings. The van der Waals surface area contributed by atoms with Crippen LogP contribution in [0.25, 0.3) is 0 Å². The quantitative estimate of drug-likeness (QED) is 0.350. The number of piperidine rings is 1. The summed E-state index contributed by atoms with van der Waals surface area (Å²) in [6, 6.07) is -2.60. The Balaban J connectivity index is 2.00. The van der Waals surface area contributed by atoms with Crippen molar-refractivity contribution < 1.29 is 19.2 Å². The molecule has 6 atom stereocenters. The van der Waals surface area contributed by atoms with Gasteiger partial charge in [-0.05, 0) is 47.7 Å². The molecule has 1 aliphatic carbocycles. The highest BCUT2D eigenvalue weighted by atomic mass is 32.1. The van der Waals surface area contributed by atoms with Crippen LogP contribution in [0.15, 0.2) is 0 Å². The SMILES string of the molecule is CNC(=S)N([C@@H](C[C@@H]1CCNC1=O)C(N)=O)[C@H](C(=O)N1CC2C(C1C(N)=O)C2(C)C)C(C)(C)C. The Morgan fingerprint density at radius 1 is 1.29 bits per heavy atom. The number of hydrogen-bond acceptors (Lipinski definition) is 5. The largest absolute Gasteiger partial charge is 0.368 e. The number of rotatable bonds is 7. The van der Waals surface area contributed by atoms with Gasteiger partial charge in [0, 0.05) is 26.1 Å². The van der Waals surface area contributed by atoms with Crippen LogP contribution in [-0.2, 0) is 19.2 Å². The van der Waals surface area contributed by atoms with Crippen molar-refractivity contribution in [2.24, 2.45) is 40.1 Å². The summed E-state index contributed by atoms with van der Waals surface area (Å²) in [6.07, 6.45) is 0.714. The van der Waals surface area contributed by atoms with Crippen molar-refractivity contribution >= 4 is 41.0 Å². The molecule has 34 heavy (non-hydrogen) atoms. The molecule has 2 saturated heterocycles. The summed E-state index contributed by atoms with van der Waals surface area (Å²) >= 11 is 5.58. The highest BCUT2D eigenvalue weighted by Gasteiger charge is 2.69. The normalized spacial score (nSPS) is 29.0. The minimum Gasteiger partial charge on any atom is -0.368 e. The van der Waals surface area contributed by atoms with Crippen molar-refractivity contribution in [2.45, 2.75) is 65.6 Å². The van der Waals surface area contributed by atoms with Crippen molar-refractivity contribution in [3.05, 3.63) is 0 Å². The van der Waals surface area contributed by atoms with E-state index in [4.69, 9.17) is 23.7 Å². The van der Waals surface area contributed by atoms with E-state index in [1.54, 1.807) is 16.8 Å². The zero-order valence-electron chi connectivity index (χ0n) is 20.9. The summed E-state index contributed by atoms with van der Waals surface area (Å²) in [5.74, 6) is -1.88. The first-order chi connectivity index (χ1) is 15.6. The fourth-order valence-electron chi connectivity index (χ4n) is 5.98. The van der Waals surface area contributed by atoms with Crippen molar-refractivity contribution in [3.63, 3.8) is 0 Å². The summed E-state index contributed by atoms with van der Waals surface area (Å²) in [5, 5.41) is 5.84. The van der Waals surface area contributed by atoms with E-state index in [-0.39, 0.29) is 40.6 Å². The Bertz CT molecular complexity index is 900. The van der Waals surface area contributed by atoms with E-state index >= 15 is 0 Å². The van der Waals surface area contributed by atoms with Crippen LogP contribution < -0.4 is 22.1 Å². The maximum atomic E-state index is 14.1. The number of likely N-dealkylation sites (tertiary alicyclic amines) is 1. The van der Waals surface area contributed by atoms with E-state index in [9.17, 15) is 19.2 Å². The van der Waals surface area contributed by atoms with Crippen molar-refractivity contribution in [1.82, 2.24) is 20.4 Å². The molecule has 3 unspecified atom stereocenters. The predicted molar refractivity (Wildman–Crippen MR) is 131 cm³/mol. The van der Waals surface area contributed by atoms with Crippen LogP contribution in [0.3, 0.4) is 0 Å². The average molecular weight is 495 g/mol. The summed E-state index contributed by atoms with van der Waals surface area (Å²) in [5.41, 5.74) is 10.9. The number of nitrogens with zero attached hydrogens (tertiary/aromatic N) is 2. The molecule has 190 valence electrons. The third-order valence-electron chi connectivity index (χ3n) is 7.90. The number of amides is 4. The topological polar surface area (TPSA) is 151 Å². The highest BCUT2D eigenvalue weighted by molar-refractivity contribution is 7.80. The molecule has 6 N–H and O–H groups in total. The Morgan fingerprint density at radius 2 is 1.91 bits per heavy atom. The molecule has 2 heterocycles. The number of hydrogen-bond donors (Lipinski definition) is 4. The molecule has 0 radical (unpaired) electrons. The zero-order valence-corrected chi connectivity index (χ0v) is 21.7. The standard InChI is InChI=1S/C23H38N6O4S/c1-22(2,3)16(20(33)28-10-12-14(23(12,4)5)15(28)18(25)31)29(21(34)26-6)13(17(24)30)9-11-7-8-27-19(11)32/h11-16H,7-10H2,1-6H3,(H2,24,30)(H2,25,31)(H,26,34)(H,27,32)/t11-,12?,13-,14?,15?,16+/m0/s1. The van der Waals surface area contributed by atoms with E-state index in [2.05, 4.69) is 24.5 Å². The van der Waals surface area contributed by atoms with E-state index in [0.717, 1.165) is 0 Å². The molecule has 3 fully saturated rings. The lowest BCUT2D eigenvalue weighted by Gasteiger charge is -2.46. The summed E-state index contributed by atoms with van der Waals surface area (Å²) in [6.45, 7) is 10.7. The second-order valence-corrected chi connectivity index (χ2v) is 11.8. The molecule has 11 heteroatoms. The zero-order chi connectivity index (χ0) is 25.7. The summed E-state index contributed by atoms with van der Waals surface area (Å²) in [7, 11) is 1.61. The van der Waals surface area contributed by atoms with Gasteiger partial charge in [-0.3, -0.25) is 19.2 Å². The van der Waals surface area contributed by atoms with Gasteiger partial charge in [0.25, 0.3) is 0 Å².